The number of nitrogens with one attached hydrogen (secondary N) is 2. The van der Waals surface area contributed by atoms with Gasteiger partial charge in [0.15, 0.2) is 5.96 Å². The third-order valence-corrected chi connectivity index (χ3v) is 4.94. The number of phenolic OH excluding ortho intramolecular Hbond substituents is 1. The second-order valence-corrected chi connectivity index (χ2v) is 7.38. The first-order valence-electron chi connectivity index (χ1n) is 10.2. The summed E-state index contributed by atoms with van der Waals surface area (Å²) in [5.41, 5.74) is 1.24. The Morgan fingerprint density at radius 3 is 2.46 bits per heavy atom. The van der Waals surface area contributed by atoms with Crippen LogP contribution in [-0.4, -0.2) is 67.9 Å². The van der Waals surface area contributed by atoms with Gasteiger partial charge in [-0.2, -0.15) is 0 Å². The van der Waals surface area contributed by atoms with Crippen LogP contribution in [0.2, 0.25) is 0 Å². The van der Waals surface area contributed by atoms with Crippen molar-refractivity contribution in [3.63, 3.8) is 0 Å². The number of phenols is 1. The number of aliphatic imine (C=N–C) groups is 1. The minimum absolute atomic E-state index is 0. The lowest BCUT2D eigenvalue weighted by Gasteiger charge is -2.36. The van der Waals surface area contributed by atoms with Gasteiger partial charge in [-0.05, 0) is 43.4 Å². The van der Waals surface area contributed by atoms with Crippen molar-refractivity contribution in [3.8, 4) is 5.75 Å². The van der Waals surface area contributed by atoms with Gasteiger partial charge in [0, 0.05) is 32.2 Å². The number of hydrogen-bond donors (Lipinski definition) is 3. The standard InChI is InChI=1S/C21H36N4O2.HI/c1-4-22-21(23-11-5-6-18-7-9-19(26)10-8-18)24-16-20(17(2)3)25-12-14-27-15-13-25;/h7-10,17,20,26H,4-6,11-16H2,1-3H3,(H2,22,23,24);1H. The zero-order valence-electron chi connectivity index (χ0n) is 17.5. The smallest absolute Gasteiger partial charge is 0.191 e. The van der Waals surface area contributed by atoms with Gasteiger partial charge in [-0.15, -0.1) is 24.0 Å². The van der Waals surface area contributed by atoms with E-state index in [0.717, 1.165) is 64.7 Å². The lowest BCUT2D eigenvalue weighted by molar-refractivity contribution is 0.00867. The van der Waals surface area contributed by atoms with Crippen LogP contribution in [-0.2, 0) is 11.2 Å². The van der Waals surface area contributed by atoms with Gasteiger partial charge in [0.05, 0.1) is 19.8 Å². The van der Waals surface area contributed by atoms with Crippen molar-refractivity contribution in [2.24, 2.45) is 10.9 Å². The lowest BCUT2D eigenvalue weighted by atomic mass is 10.0. The number of halogens is 1. The van der Waals surface area contributed by atoms with Crippen LogP contribution in [0.4, 0.5) is 0 Å². The number of aryl methyl sites for hydroxylation is 1. The van der Waals surface area contributed by atoms with Crippen molar-refractivity contribution in [1.82, 2.24) is 15.5 Å². The van der Waals surface area contributed by atoms with Crippen molar-refractivity contribution in [2.75, 3.05) is 45.9 Å². The van der Waals surface area contributed by atoms with Crippen molar-refractivity contribution in [3.05, 3.63) is 29.8 Å². The molecule has 0 saturated carbocycles. The van der Waals surface area contributed by atoms with Crippen LogP contribution in [0.3, 0.4) is 0 Å². The number of nitrogens with zero attached hydrogens (tertiary/aromatic N) is 2. The molecular formula is C21H37IN4O2. The highest BCUT2D eigenvalue weighted by Gasteiger charge is 2.23. The molecule has 3 N–H and O–H groups in total. The summed E-state index contributed by atoms with van der Waals surface area (Å²) < 4.78 is 5.49. The molecule has 0 aromatic heterocycles. The summed E-state index contributed by atoms with van der Waals surface area (Å²) >= 11 is 0. The first-order valence-corrected chi connectivity index (χ1v) is 10.2. The zero-order valence-corrected chi connectivity index (χ0v) is 19.8. The van der Waals surface area contributed by atoms with Gasteiger partial charge >= 0.3 is 0 Å². The Morgan fingerprint density at radius 2 is 1.86 bits per heavy atom. The van der Waals surface area contributed by atoms with Crippen LogP contribution in [0.15, 0.2) is 29.3 Å². The maximum atomic E-state index is 9.35. The molecule has 28 heavy (non-hydrogen) atoms. The molecular weight excluding hydrogens is 467 g/mol. The summed E-state index contributed by atoms with van der Waals surface area (Å²) in [5, 5.41) is 16.1. The summed E-state index contributed by atoms with van der Waals surface area (Å²) in [7, 11) is 0. The number of aromatic hydroxyl groups is 1. The van der Waals surface area contributed by atoms with Crippen molar-refractivity contribution >= 4 is 29.9 Å². The van der Waals surface area contributed by atoms with E-state index in [9.17, 15) is 5.11 Å². The Morgan fingerprint density at radius 1 is 1.18 bits per heavy atom. The molecule has 1 aromatic carbocycles. The Hall–Kier alpha value is -1.06. The van der Waals surface area contributed by atoms with E-state index < -0.39 is 0 Å². The van der Waals surface area contributed by atoms with Gasteiger partial charge < -0.3 is 20.5 Å². The average Bonchev–Trinajstić information content (AvgIpc) is 2.67. The molecule has 1 saturated heterocycles. The summed E-state index contributed by atoms with van der Waals surface area (Å²) in [4.78, 5) is 7.35. The third kappa shape index (κ3) is 8.96. The van der Waals surface area contributed by atoms with E-state index in [1.807, 2.05) is 12.1 Å². The van der Waals surface area contributed by atoms with Crippen LogP contribution in [0, 0.1) is 5.92 Å². The molecule has 6 nitrogen and oxygen atoms in total. The molecule has 2 rings (SSSR count). The molecule has 0 aliphatic carbocycles. The molecule has 1 unspecified atom stereocenters. The van der Waals surface area contributed by atoms with Crippen LogP contribution in [0.5, 0.6) is 5.75 Å². The highest BCUT2D eigenvalue weighted by atomic mass is 127. The van der Waals surface area contributed by atoms with Gasteiger partial charge in [-0.1, -0.05) is 26.0 Å². The maximum absolute atomic E-state index is 9.35. The third-order valence-electron chi connectivity index (χ3n) is 4.94. The van der Waals surface area contributed by atoms with E-state index in [-0.39, 0.29) is 24.0 Å². The number of guanidine groups is 1. The predicted octanol–water partition coefficient (Wildman–Crippen LogP) is 2.85. The quantitative estimate of drug-likeness (QED) is 0.209. The van der Waals surface area contributed by atoms with E-state index in [1.165, 1.54) is 5.56 Å². The monoisotopic (exact) mass is 504 g/mol. The van der Waals surface area contributed by atoms with E-state index in [1.54, 1.807) is 12.1 Å². The van der Waals surface area contributed by atoms with Crippen molar-refractivity contribution in [2.45, 2.75) is 39.7 Å². The number of rotatable bonds is 9. The Kier molecular flexibility index (Phi) is 12.5. The molecule has 1 aliphatic heterocycles. The largest absolute Gasteiger partial charge is 0.508 e. The Labute approximate surface area is 187 Å². The molecule has 0 bridgehead atoms. The summed E-state index contributed by atoms with van der Waals surface area (Å²) in [5.74, 6) is 1.77. The lowest BCUT2D eigenvalue weighted by Crippen LogP contribution is -2.48. The fourth-order valence-corrected chi connectivity index (χ4v) is 3.35. The van der Waals surface area contributed by atoms with Crippen LogP contribution < -0.4 is 10.6 Å². The van der Waals surface area contributed by atoms with Gasteiger partial charge in [-0.25, -0.2) is 0 Å². The Bertz CT molecular complexity index is 560. The minimum Gasteiger partial charge on any atom is -0.508 e. The summed E-state index contributed by atoms with van der Waals surface area (Å²) in [6.07, 6.45) is 2.00. The summed E-state index contributed by atoms with van der Waals surface area (Å²) in [6, 6.07) is 7.88. The predicted molar refractivity (Wildman–Crippen MR) is 127 cm³/mol. The summed E-state index contributed by atoms with van der Waals surface area (Å²) in [6.45, 7) is 12.8. The molecule has 1 fully saturated rings. The normalized spacial score (nSPS) is 16.5. The Balaban J connectivity index is 0.00000392. The fourth-order valence-electron chi connectivity index (χ4n) is 3.35. The first-order chi connectivity index (χ1) is 13.1. The first kappa shape index (κ1) is 25.0. The van der Waals surface area contributed by atoms with E-state index in [0.29, 0.717) is 17.7 Å². The topological polar surface area (TPSA) is 69.1 Å². The van der Waals surface area contributed by atoms with Gasteiger partial charge in [0.25, 0.3) is 0 Å². The average molecular weight is 504 g/mol. The second-order valence-electron chi connectivity index (χ2n) is 7.38. The second kappa shape index (κ2) is 14.0. The minimum atomic E-state index is 0. The van der Waals surface area contributed by atoms with Crippen molar-refractivity contribution < 1.29 is 9.84 Å². The number of benzene rings is 1. The molecule has 160 valence electrons. The SMILES string of the molecule is CCNC(=NCC(C(C)C)N1CCOCC1)NCCCc1ccc(O)cc1.I. The van der Waals surface area contributed by atoms with Crippen LogP contribution in [0.1, 0.15) is 32.8 Å². The number of morpholine rings is 1. The fraction of sp³-hybridized carbons (Fsp3) is 0.667. The zero-order chi connectivity index (χ0) is 19.5. The van der Waals surface area contributed by atoms with E-state index in [2.05, 4.69) is 36.3 Å². The highest BCUT2D eigenvalue weighted by molar-refractivity contribution is 14.0. The number of ether oxygens (including phenoxy) is 1. The molecule has 1 aliphatic rings. The van der Waals surface area contributed by atoms with Gasteiger partial charge in [0.2, 0.25) is 0 Å². The molecule has 7 heteroatoms. The van der Waals surface area contributed by atoms with Crippen molar-refractivity contribution in [1.29, 1.82) is 0 Å². The van der Waals surface area contributed by atoms with Gasteiger partial charge in [-0.3, -0.25) is 9.89 Å². The number of hydrogen-bond acceptors (Lipinski definition) is 4. The van der Waals surface area contributed by atoms with Gasteiger partial charge in [0.1, 0.15) is 5.75 Å². The molecule has 0 radical (unpaired) electrons. The van der Waals surface area contributed by atoms with E-state index >= 15 is 0 Å². The highest BCUT2D eigenvalue weighted by Crippen LogP contribution is 2.13. The van der Waals surface area contributed by atoms with Crippen LogP contribution >= 0.6 is 24.0 Å². The van der Waals surface area contributed by atoms with E-state index in [4.69, 9.17) is 9.73 Å². The molecule has 1 aromatic rings. The maximum Gasteiger partial charge on any atom is 0.191 e. The molecule has 0 spiro atoms. The molecule has 0 amide bonds. The molecule has 1 atom stereocenters. The molecule has 1 heterocycles. The van der Waals surface area contributed by atoms with Crippen LogP contribution in [0.25, 0.3) is 0 Å².